The molecule has 3 saturated heterocycles. The van der Waals surface area contributed by atoms with Gasteiger partial charge in [-0.05, 0) is 79.2 Å². The van der Waals surface area contributed by atoms with E-state index in [4.69, 9.17) is 14.0 Å². The van der Waals surface area contributed by atoms with Crippen LogP contribution in [-0.4, -0.2) is 53.8 Å². The topological polar surface area (TPSA) is 89.7 Å². The van der Waals surface area contributed by atoms with Crippen molar-refractivity contribution in [3.63, 3.8) is 0 Å². The molecule has 2 bridgehead atoms. The van der Waals surface area contributed by atoms with Crippen molar-refractivity contribution in [2.45, 2.75) is 39.2 Å². The summed E-state index contributed by atoms with van der Waals surface area (Å²) in [5.74, 6) is 2.99. The van der Waals surface area contributed by atoms with Crippen molar-refractivity contribution in [1.29, 1.82) is 0 Å². The van der Waals surface area contributed by atoms with E-state index in [1.165, 1.54) is 12.8 Å². The van der Waals surface area contributed by atoms with Crippen molar-refractivity contribution in [3.8, 4) is 34.0 Å². The normalized spacial score (nSPS) is 19.8. The fourth-order valence-corrected chi connectivity index (χ4v) is 5.79. The van der Waals surface area contributed by atoms with Crippen LogP contribution in [0.2, 0.25) is 0 Å². The smallest absolute Gasteiger partial charge is 0.228 e. The standard InChI is InChI=1S/C32H34N4O4/c1-20-16-25(32-33-21(2)40-35-32)8-10-27(20)23-6-4-22(5-7-23)17-31(37)34-26-9-11-28(38-3)29(18-26)39-30-19-36-14-12-24(30)13-15-36/h4-11,16,18,24,30H,12-15,17,19H2,1-3H3,(H,34,37). The number of benzene rings is 3. The maximum atomic E-state index is 12.9. The monoisotopic (exact) mass is 538 g/mol. The number of aromatic nitrogens is 2. The molecule has 8 nitrogen and oxygen atoms in total. The van der Waals surface area contributed by atoms with E-state index < -0.39 is 0 Å². The number of aryl methyl sites for hydroxylation is 2. The van der Waals surface area contributed by atoms with Gasteiger partial charge in [-0.1, -0.05) is 41.6 Å². The molecular formula is C32H34N4O4. The predicted molar refractivity (Wildman–Crippen MR) is 154 cm³/mol. The highest BCUT2D eigenvalue weighted by Gasteiger charge is 2.36. The number of carbonyl (C=O) groups is 1. The van der Waals surface area contributed by atoms with Gasteiger partial charge in [0.05, 0.1) is 13.5 Å². The van der Waals surface area contributed by atoms with Crippen LogP contribution in [0, 0.1) is 19.8 Å². The van der Waals surface area contributed by atoms with E-state index in [2.05, 4.69) is 51.5 Å². The Kier molecular flexibility index (Phi) is 7.26. The average molecular weight is 539 g/mol. The molecule has 1 unspecified atom stereocenters. The highest BCUT2D eigenvalue weighted by molar-refractivity contribution is 5.92. The molecule has 1 amide bonds. The molecule has 7 rings (SSSR count). The van der Waals surface area contributed by atoms with E-state index in [9.17, 15) is 4.79 Å². The minimum Gasteiger partial charge on any atom is -0.493 e. The maximum absolute atomic E-state index is 12.9. The van der Waals surface area contributed by atoms with Gasteiger partial charge in [-0.25, -0.2) is 0 Å². The lowest BCUT2D eigenvalue weighted by atomic mass is 9.86. The maximum Gasteiger partial charge on any atom is 0.228 e. The molecule has 0 radical (unpaired) electrons. The Morgan fingerprint density at radius 2 is 1.77 bits per heavy atom. The predicted octanol–water partition coefficient (Wildman–Crippen LogP) is 5.68. The van der Waals surface area contributed by atoms with Gasteiger partial charge in [0.15, 0.2) is 11.5 Å². The van der Waals surface area contributed by atoms with Crippen LogP contribution >= 0.6 is 0 Å². The van der Waals surface area contributed by atoms with Crippen LogP contribution in [0.3, 0.4) is 0 Å². The van der Waals surface area contributed by atoms with Gasteiger partial charge < -0.3 is 19.3 Å². The minimum atomic E-state index is -0.0809. The summed E-state index contributed by atoms with van der Waals surface area (Å²) in [6.45, 7) is 7.11. The Labute approximate surface area is 234 Å². The molecule has 4 aromatic rings. The summed E-state index contributed by atoms with van der Waals surface area (Å²) < 4.78 is 17.1. The van der Waals surface area contributed by atoms with Crippen molar-refractivity contribution >= 4 is 11.6 Å². The van der Waals surface area contributed by atoms with Gasteiger partial charge in [-0.3, -0.25) is 9.69 Å². The molecule has 3 aliphatic rings. The van der Waals surface area contributed by atoms with Crippen LogP contribution in [0.1, 0.15) is 29.9 Å². The number of amides is 1. The van der Waals surface area contributed by atoms with E-state index >= 15 is 0 Å². The Bertz CT molecular complexity index is 1510. The average Bonchev–Trinajstić information content (AvgIpc) is 3.40. The zero-order valence-electron chi connectivity index (χ0n) is 23.1. The Balaban J connectivity index is 1.10. The summed E-state index contributed by atoms with van der Waals surface area (Å²) in [5, 5.41) is 7.04. The summed E-state index contributed by atoms with van der Waals surface area (Å²) in [6, 6.07) is 19.8. The Morgan fingerprint density at radius 1 is 1.00 bits per heavy atom. The van der Waals surface area contributed by atoms with Gasteiger partial charge in [-0.15, -0.1) is 0 Å². The molecule has 1 N–H and O–H groups in total. The Hall–Kier alpha value is -4.17. The first-order chi connectivity index (χ1) is 19.4. The summed E-state index contributed by atoms with van der Waals surface area (Å²) in [7, 11) is 1.64. The molecule has 3 fully saturated rings. The molecular weight excluding hydrogens is 504 g/mol. The van der Waals surface area contributed by atoms with Crippen LogP contribution in [-0.2, 0) is 11.2 Å². The molecule has 0 spiro atoms. The minimum absolute atomic E-state index is 0.0809. The molecule has 40 heavy (non-hydrogen) atoms. The molecule has 1 aromatic heterocycles. The fraction of sp³-hybridized carbons (Fsp3) is 0.344. The van der Waals surface area contributed by atoms with Crippen LogP contribution in [0.25, 0.3) is 22.5 Å². The zero-order valence-corrected chi connectivity index (χ0v) is 23.1. The third-order valence-corrected chi connectivity index (χ3v) is 7.96. The number of ether oxygens (including phenoxy) is 2. The number of rotatable bonds is 8. The number of nitrogens with one attached hydrogen (secondary N) is 1. The molecule has 1 atom stereocenters. The molecule has 206 valence electrons. The van der Waals surface area contributed by atoms with E-state index in [1.807, 2.05) is 36.4 Å². The summed E-state index contributed by atoms with van der Waals surface area (Å²) in [4.78, 5) is 19.7. The number of carbonyl (C=O) groups excluding carboxylic acids is 1. The zero-order chi connectivity index (χ0) is 27.6. The fourth-order valence-electron chi connectivity index (χ4n) is 5.79. The van der Waals surface area contributed by atoms with E-state index in [0.29, 0.717) is 34.8 Å². The van der Waals surface area contributed by atoms with E-state index in [-0.39, 0.29) is 18.4 Å². The van der Waals surface area contributed by atoms with Gasteiger partial charge in [0, 0.05) is 30.8 Å². The van der Waals surface area contributed by atoms with Gasteiger partial charge in [0.25, 0.3) is 0 Å². The highest BCUT2D eigenvalue weighted by Crippen LogP contribution is 2.36. The molecule has 4 heterocycles. The van der Waals surface area contributed by atoms with Gasteiger partial charge >= 0.3 is 0 Å². The number of piperidine rings is 3. The lowest BCUT2D eigenvalue weighted by Crippen LogP contribution is -2.52. The van der Waals surface area contributed by atoms with Crippen LogP contribution in [0.15, 0.2) is 65.2 Å². The molecule has 3 aliphatic heterocycles. The molecule has 3 aromatic carbocycles. The third kappa shape index (κ3) is 5.58. The number of anilines is 1. The first-order valence-corrected chi connectivity index (χ1v) is 13.8. The Morgan fingerprint density at radius 3 is 2.42 bits per heavy atom. The van der Waals surface area contributed by atoms with Crippen LogP contribution < -0.4 is 14.8 Å². The number of nitrogens with zero attached hydrogens (tertiary/aromatic N) is 3. The van der Waals surface area contributed by atoms with Crippen LogP contribution in [0.5, 0.6) is 11.5 Å². The lowest BCUT2D eigenvalue weighted by molar-refractivity contribution is -0.115. The number of fused-ring (bicyclic) bond motifs is 3. The first-order valence-electron chi connectivity index (χ1n) is 13.8. The summed E-state index contributed by atoms with van der Waals surface area (Å²) in [6.07, 6.45) is 2.78. The number of methoxy groups -OCH3 is 1. The van der Waals surface area contributed by atoms with Gasteiger partial charge in [-0.2, -0.15) is 4.98 Å². The van der Waals surface area contributed by atoms with Crippen molar-refractivity contribution in [3.05, 3.63) is 77.7 Å². The van der Waals surface area contributed by atoms with E-state index in [1.54, 1.807) is 14.0 Å². The second-order valence-electron chi connectivity index (χ2n) is 10.7. The van der Waals surface area contributed by atoms with Crippen molar-refractivity contribution in [2.75, 3.05) is 32.1 Å². The highest BCUT2D eigenvalue weighted by atomic mass is 16.5. The van der Waals surface area contributed by atoms with Crippen molar-refractivity contribution < 1.29 is 18.8 Å². The lowest BCUT2D eigenvalue weighted by Gasteiger charge is -2.44. The van der Waals surface area contributed by atoms with Gasteiger partial charge in [0.1, 0.15) is 6.10 Å². The van der Waals surface area contributed by atoms with E-state index in [0.717, 1.165) is 47.5 Å². The van der Waals surface area contributed by atoms with Crippen molar-refractivity contribution in [1.82, 2.24) is 15.0 Å². The van der Waals surface area contributed by atoms with Crippen LogP contribution in [0.4, 0.5) is 5.69 Å². The second-order valence-corrected chi connectivity index (χ2v) is 10.7. The largest absolute Gasteiger partial charge is 0.493 e. The third-order valence-electron chi connectivity index (χ3n) is 7.96. The first kappa shape index (κ1) is 26.1. The molecule has 0 aliphatic carbocycles. The molecule has 0 saturated carbocycles. The SMILES string of the molecule is COc1ccc(NC(=O)Cc2ccc(-c3ccc(-c4noc(C)n4)cc3C)cc2)cc1OC1CN2CCC1CC2. The number of hydrogen-bond donors (Lipinski definition) is 1. The molecule has 8 heteroatoms. The number of hydrogen-bond acceptors (Lipinski definition) is 7. The second kappa shape index (κ2) is 11.1. The summed E-state index contributed by atoms with van der Waals surface area (Å²) >= 11 is 0. The quantitative estimate of drug-likeness (QED) is 0.309. The van der Waals surface area contributed by atoms with Gasteiger partial charge in [0.2, 0.25) is 17.6 Å². The van der Waals surface area contributed by atoms with Crippen molar-refractivity contribution in [2.24, 2.45) is 5.92 Å². The summed E-state index contributed by atoms with van der Waals surface area (Å²) in [5.41, 5.74) is 5.88.